The number of esters is 1. The number of hydrogen-bond donors (Lipinski definition) is 1. The van der Waals surface area contributed by atoms with Crippen molar-refractivity contribution in [2.24, 2.45) is 0 Å². The number of anilines is 1. The number of aryl methyl sites for hydroxylation is 1. The van der Waals surface area contributed by atoms with Crippen molar-refractivity contribution in [1.82, 2.24) is 0 Å². The van der Waals surface area contributed by atoms with Gasteiger partial charge in [-0.1, -0.05) is 17.7 Å². The van der Waals surface area contributed by atoms with Crippen molar-refractivity contribution in [2.75, 3.05) is 11.9 Å². The van der Waals surface area contributed by atoms with Crippen molar-refractivity contribution >= 4 is 28.2 Å². The van der Waals surface area contributed by atoms with Crippen molar-refractivity contribution < 1.29 is 19.1 Å². The van der Waals surface area contributed by atoms with E-state index in [2.05, 4.69) is 5.32 Å². The predicted molar refractivity (Wildman–Crippen MR) is 94.5 cm³/mol. The topological polar surface area (TPSA) is 88.4 Å². The SMILES string of the molecule is Cc1ccc(OCCC(=O)O[C@H](C)C(=O)Nc2sccc2C#N)cc1. The molecule has 0 aliphatic rings. The molecule has 1 N–H and O–H groups in total. The summed E-state index contributed by atoms with van der Waals surface area (Å²) in [5.74, 6) is -0.334. The minimum absolute atomic E-state index is 0.0357. The summed E-state index contributed by atoms with van der Waals surface area (Å²) >= 11 is 1.24. The van der Waals surface area contributed by atoms with E-state index in [4.69, 9.17) is 14.7 Å². The minimum Gasteiger partial charge on any atom is -0.493 e. The third-order valence-corrected chi connectivity index (χ3v) is 4.13. The maximum absolute atomic E-state index is 12.0. The average molecular weight is 358 g/mol. The number of benzene rings is 1. The molecule has 25 heavy (non-hydrogen) atoms. The molecule has 7 heteroatoms. The number of ether oxygens (including phenoxy) is 2. The molecule has 1 amide bonds. The quantitative estimate of drug-likeness (QED) is 0.768. The molecule has 1 aromatic heterocycles. The van der Waals surface area contributed by atoms with E-state index in [1.807, 2.05) is 37.3 Å². The van der Waals surface area contributed by atoms with E-state index in [0.29, 0.717) is 16.3 Å². The van der Waals surface area contributed by atoms with E-state index in [9.17, 15) is 9.59 Å². The standard InChI is InChI=1S/C18H18N2O4S/c1-12-3-5-15(6-4-12)23-9-7-16(21)24-13(2)17(22)20-18-14(11-19)8-10-25-18/h3-6,8,10,13H,7,9H2,1-2H3,(H,20,22)/t13-/m1/s1. The zero-order chi connectivity index (χ0) is 18.2. The molecule has 2 rings (SSSR count). The van der Waals surface area contributed by atoms with Gasteiger partial charge in [-0.3, -0.25) is 9.59 Å². The van der Waals surface area contributed by atoms with Crippen LogP contribution in [0.15, 0.2) is 35.7 Å². The number of amides is 1. The molecule has 0 saturated heterocycles. The Kier molecular flexibility index (Phi) is 6.54. The Labute approximate surface area is 150 Å². The van der Waals surface area contributed by atoms with Crippen molar-refractivity contribution in [1.29, 1.82) is 5.26 Å². The molecule has 1 heterocycles. The lowest BCUT2D eigenvalue weighted by molar-refractivity contribution is -0.153. The number of carbonyl (C=O) groups excluding carboxylic acids is 2. The van der Waals surface area contributed by atoms with E-state index in [0.717, 1.165) is 5.56 Å². The Bertz CT molecular complexity index is 777. The molecular weight excluding hydrogens is 340 g/mol. The molecule has 1 aromatic carbocycles. The fourth-order valence-electron chi connectivity index (χ4n) is 1.90. The second-order valence-corrected chi connectivity index (χ2v) is 6.22. The van der Waals surface area contributed by atoms with Crippen LogP contribution in [-0.2, 0) is 14.3 Å². The summed E-state index contributed by atoms with van der Waals surface area (Å²) in [6.45, 7) is 3.62. The van der Waals surface area contributed by atoms with Gasteiger partial charge in [-0.15, -0.1) is 11.3 Å². The fraction of sp³-hybridized carbons (Fsp3) is 0.278. The van der Waals surface area contributed by atoms with Gasteiger partial charge in [-0.05, 0) is 37.4 Å². The highest BCUT2D eigenvalue weighted by Gasteiger charge is 2.19. The highest BCUT2D eigenvalue weighted by Crippen LogP contribution is 2.22. The summed E-state index contributed by atoms with van der Waals surface area (Å²) in [6.07, 6.45) is -0.922. The van der Waals surface area contributed by atoms with Gasteiger partial charge in [-0.25, -0.2) is 0 Å². The lowest BCUT2D eigenvalue weighted by Crippen LogP contribution is -2.30. The van der Waals surface area contributed by atoms with Crippen LogP contribution in [0.3, 0.4) is 0 Å². The van der Waals surface area contributed by atoms with Crippen LogP contribution >= 0.6 is 11.3 Å². The molecule has 0 unspecified atom stereocenters. The van der Waals surface area contributed by atoms with Crippen molar-refractivity contribution in [2.45, 2.75) is 26.4 Å². The average Bonchev–Trinajstić information content (AvgIpc) is 3.03. The summed E-state index contributed by atoms with van der Waals surface area (Å²) in [4.78, 5) is 23.8. The van der Waals surface area contributed by atoms with Gasteiger partial charge in [0, 0.05) is 0 Å². The Hall–Kier alpha value is -2.85. The molecule has 6 nitrogen and oxygen atoms in total. The first-order chi connectivity index (χ1) is 12.0. The van der Waals surface area contributed by atoms with Gasteiger partial charge in [0.2, 0.25) is 0 Å². The molecule has 0 aliphatic carbocycles. The van der Waals surface area contributed by atoms with Crippen LogP contribution in [0.1, 0.15) is 24.5 Å². The largest absolute Gasteiger partial charge is 0.493 e. The monoisotopic (exact) mass is 358 g/mol. The van der Waals surface area contributed by atoms with E-state index >= 15 is 0 Å². The molecule has 130 valence electrons. The summed E-state index contributed by atoms with van der Waals surface area (Å²) in [7, 11) is 0. The Morgan fingerprint density at radius 3 is 2.68 bits per heavy atom. The van der Waals surface area contributed by atoms with Crippen molar-refractivity contribution in [3.63, 3.8) is 0 Å². The first-order valence-corrected chi connectivity index (χ1v) is 8.55. The van der Waals surface area contributed by atoms with E-state index in [-0.39, 0.29) is 13.0 Å². The molecule has 0 fully saturated rings. The number of nitrogens with one attached hydrogen (secondary N) is 1. The van der Waals surface area contributed by atoms with Crippen LogP contribution in [0, 0.1) is 18.3 Å². The summed E-state index contributed by atoms with van der Waals surface area (Å²) in [6, 6.07) is 11.1. The number of nitriles is 1. The minimum atomic E-state index is -0.958. The normalized spacial score (nSPS) is 11.2. The van der Waals surface area contributed by atoms with Gasteiger partial charge in [0.15, 0.2) is 6.10 Å². The van der Waals surface area contributed by atoms with Crippen LogP contribution < -0.4 is 10.1 Å². The molecule has 0 radical (unpaired) electrons. The van der Waals surface area contributed by atoms with Gasteiger partial charge >= 0.3 is 5.97 Å². The van der Waals surface area contributed by atoms with Crippen molar-refractivity contribution in [3.05, 3.63) is 46.8 Å². The van der Waals surface area contributed by atoms with Crippen LogP contribution in [0.2, 0.25) is 0 Å². The van der Waals surface area contributed by atoms with Crippen LogP contribution in [-0.4, -0.2) is 24.6 Å². The first kappa shape index (κ1) is 18.5. The fourth-order valence-corrected chi connectivity index (χ4v) is 2.64. The van der Waals surface area contributed by atoms with E-state index in [1.165, 1.54) is 18.3 Å². The summed E-state index contributed by atoms with van der Waals surface area (Å²) < 4.78 is 10.5. The first-order valence-electron chi connectivity index (χ1n) is 7.67. The molecule has 2 aromatic rings. The third-order valence-electron chi connectivity index (χ3n) is 3.30. The van der Waals surface area contributed by atoms with Crippen LogP contribution in [0.5, 0.6) is 5.75 Å². The summed E-state index contributed by atoms with van der Waals surface area (Å²) in [5, 5.41) is 13.6. The zero-order valence-electron chi connectivity index (χ0n) is 13.9. The second-order valence-electron chi connectivity index (χ2n) is 5.31. The smallest absolute Gasteiger partial charge is 0.310 e. The van der Waals surface area contributed by atoms with Gasteiger partial charge < -0.3 is 14.8 Å². The van der Waals surface area contributed by atoms with Gasteiger partial charge in [0.25, 0.3) is 5.91 Å². The lowest BCUT2D eigenvalue weighted by Gasteiger charge is -2.13. The highest BCUT2D eigenvalue weighted by molar-refractivity contribution is 7.14. The molecule has 1 atom stereocenters. The number of thiophene rings is 1. The molecule has 0 bridgehead atoms. The molecular formula is C18H18N2O4S. The predicted octanol–water partition coefficient (Wildman–Crippen LogP) is 3.27. The zero-order valence-corrected chi connectivity index (χ0v) is 14.8. The van der Waals surface area contributed by atoms with Crippen LogP contribution in [0.25, 0.3) is 0 Å². The second kappa shape index (κ2) is 8.85. The molecule has 0 aliphatic heterocycles. The van der Waals surface area contributed by atoms with E-state index in [1.54, 1.807) is 11.4 Å². The third kappa shape index (κ3) is 5.62. The van der Waals surface area contributed by atoms with Crippen molar-refractivity contribution in [3.8, 4) is 11.8 Å². The number of carbonyl (C=O) groups is 2. The lowest BCUT2D eigenvalue weighted by atomic mass is 10.2. The summed E-state index contributed by atoms with van der Waals surface area (Å²) in [5.41, 5.74) is 1.50. The van der Waals surface area contributed by atoms with E-state index < -0.39 is 18.0 Å². The van der Waals surface area contributed by atoms with Gasteiger partial charge in [0.05, 0.1) is 18.6 Å². The number of hydrogen-bond acceptors (Lipinski definition) is 6. The number of nitrogens with zero attached hydrogens (tertiary/aromatic N) is 1. The maximum Gasteiger partial charge on any atom is 0.310 e. The number of rotatable bonds is 7. The molecule has 0 spiro atoms. The van der Waals surface area contributed by atoms with Gasteiger partial charge in [0.1, 0.15) is 16.8 Å². The van der Waals surface area contributed by atoms with Gasteiger partial charge in [-0.2, -0.15) is 5.26 Å². The molecule has 0 saturated carbocycles. The van der Waals surface area contributed by atoms with Crippen LogP contribution in [0.4, 0.5) is 5.00 Å². The maximum atomic E-state index is 12.0. The highest BCUT2D eigenvalue weighted by atomic mass is 32.1. The Morgan fingerprint density at radius 1 is 1.28 bits per heavy atom. The Balaban J connectivity index is 1.74. The Morgan fingerprint density at radius 2 is 2.00 bits per heavy atom.